The summed E-state index contributed by atoms with van der Waals surface area (Å²) in [6.07, 6.45) is 7.04. The Hall–Kier alpha value is -4.13. The fourth-order valence-electron chi connectivity index (χ4n) is 3.72. The highest BCUT2D eigenvalue weighted by molar-refractivity contribution is 5.86. The molecule has 0 saturated carbocycles. The number of urea groups is 1. The Balaban J connectivity index is 1.92. The first-order valence-electron chi connectivity index (χ1n) is 9.70. The van der Waals surface area contributed by atoms with Gasteiger partial charge < -0.3 is 5.73 Å². The van der Waals surface area contributed by atoms with Gasteiger partial charge in [0.25, 0.3) is 0 Å². The summed E-state index contributed by atoms with van der Waals surface area (Å²) in [6.45, 7) is 0. The van der Waals surface area contributed by atoms with Crippen molar-refractivity contribution in [3.05, 3.63) is 120 Å². The highest BCUT2D eigenvalue weighted by atomic mass is 19.1. The summed E-state index contributed by atoms with van der Waals surface area (Å²) >= 11 is 0. The third kappa shape index (κ3) is 4.72. The van der Waals surface area contributed by atoms with E-state index in [1.807, 2.05) is 30.3 Å². The zero-order chi connectivity index (χ0) is 21.6. The number of pyridine rings is 3. The molecule has 154 valence electrons. The quantitative estimate of drug-likeness (QED) is 0.488. The number of nitrogens with zero attached hydrogens (tertiary/aromatic N) is 3. The minimum absolute atomic E-state index is 0.204. The van der Waals surface area contributed by atoms with E-state index in [9.17, 15) is 9.18 Å². The number of hydrogen-bond donors (Lipinski definition) is 2. The van der Waals surface area contributed by atoms with Crippen LogP contribution in [0.25, 0.3) is 0 Å². The van der Waals surface area contributed by atoms with Crippen LogP contribution in [0.4, 0.5) is 15.0 Å². The van der Waals surface area contributed by atoms with Gasteiger partial charge in [0.15, 0.2) is 0 Å². The van der Waals surface area contributed by atoms with E-state index in [0.29, 0.717) is 11.5 Å². The zero-order valence-electron chi connectivity index (χ0n) is 16.5. The van der Waals surface area contributed by atoms with Gasteiger partial charge in [-0.15, -0.1) is 0 Å². The molecule has 6 nitrogen and oxygen atoms in total. The first-order chi connectivity index (χ1) is 15.1. The number of amides is 2. The van der Waals surface area contributed by atoms with Crippen molar-refractivity contribution < 1.29 is 9.18 Å². The Bertz CT molecular complexity index is 1110. The van der Waals surface area contributed by atoms with E-state index in [0.717, 1.165) is 16.7 Å². The third-order valence-electron chi connectivity index (χ3n) is 4.99. The molecule has 0 aliphatic carbocycles. The van der Waals surface area contributed by atoms with Crippen LogP contribution in [-0.4, -0.2) is 21.0 Å². The predicted molar refractivity (Wildman–Crippen MR) is 116 cm³/mol. The molecule has 2 amide bonds. The van der Waals surface area contributed by atoms with Crippen LogP contribution in [-0.2, 0) is 0 Å². The first-order valence-corrected chi connectivity index (χ1v) is 9.70. The molecule has 0 aliphatic heterocycles. The molecule has 0 aliphatic rings. The summed E-state index contributed by atoms with van der Waals surface area (Å²) in [6, 6.07) is 18.7. The van der Waals surface area contributed by atoms with Crippen molar-refractivity contribution in [1.29, 1.82) is 0 Å². The summed E-state index contributed by atoms with van der Waals surface area (Å²) < 4.78 is 13.7. The van der Waals surface area contributed by atoms with Crippen molar-refractivity contribution in [1.82, 2.24) is 15.0 Å². The van der Waals surface area contributed by atoms with Gasteiger partial charge in [-0.2, -0.15) is 0 Å². The molecule has 0 saturated heterocycles. The lowest BCUT2D eigenvalue weighted by atomic mass is 9.76. The molecule has 4 rings (SSSR count). The largest absolute Gasteiger partial charge is 0.351 e. The van der Waals surface area contributed by atoms with Gasteiger partial charge in [0.05, 0.1) is 5.69 Å². The Morgan fingerprint density at radius 3 is 2.00 bits per heavy atom. The number of hydrogen-bond acceptors (Lipinski definition) is 4. The van der Waals surface area contributed by atoms with Crippen LogP contribution in [0.15, 0.2) is 91.5 Å². The maximum Gasteiger partial charge on any atom is 0.317 e. The Labute approximate surface area is 179 Å². The van der Waals surface area contributed by atoms with E-state index < -0.39 is 6.03 Å². The van der Waals surface area contributed by atoms with Crippen LogP contribution in [0, 0.1) is 5.82 Å². The van der Waals surface area contributed by atoms with Gasteiger partial charge in [0.2, 0.25) is 0 Å². The second kappa shape index (κ2) is 9.13. The van der Waals surface area contributed by atoms with Crippen LogP contribution in [0.2, 0.25) is 0 Å². The number of halogens is 1. The van der Waals surface area contributed by atoms with Crippen LogP contribution in [0.1, 0.15) is 34.2 Å². The van der Waals surface area contributed by atoms with Crippen LogP contribution >= 0.6 is 0 Å². The molecule has 1 aromatic carbocycles. The molecule has 1 atom stereocenters. The lowest BCUT2D eigenvalue weighted by Crippen LogP contribution is -2.21. The molecule has 7 heteroatoms. The molecular weight excluding hydrogens is 393 g/mol. The van der Waals surface area contributed by atoms with Crippen molar-refractivity contribution in [2.75, 3.05) is 5.32 Å². The minimum atomic E-state index is -0.695. The molecular formula is C24H20FN5O. The maximum absolute atomic E-state index is 13.7. The SMILES string of the molecule is NC(=O)Nc1cccc(C(c2ccc(F)cc2)C(c2cccnc2)c2cccnc2)n1. The van der Waals surface area contributed by atoms with Gasteiger partial charge in [-0.25, -0.2) is 14.2 Å². The summed E-state index contributed by atoms with van der Waals surface area (Å²) in [5.74, 6) is -0.486. The fraction of sp³-hybridized carbons (Fsp3) is 0.0833. The molecule has 3 N–H and O–H groups in total. The third-order valence-corrected chi connectivity index (χ3v) is 4.99. The number of nitrogens with two attached hydrogens (primary N) is 1. The van der Waals surface area contributed by atoms with Gasteiger partial charge in [0.1, 0.15) is 11.6 Å². The van der Waals surface area contributed by atoms with Crippen molar-refractivity contribution in [2.45, 2.75) is 11.8 Å². The second-order valence-electron chi connectivity index (χ2n) is 7.02. The van der Waals surface area contributed by atoms with E-state index in [-0.39, 0.29) is 17.7 Å². The summed E-state index contributed by atoms with van der Waals surface area (Å²) in [5, 5.41) is 2.52. The lowest BCUT2D eigenvalue weighted by molar-refractivity contribution is 0.259. The molecule has 0 spiro atoms. The standard InChI is InChI=1S/C24H20FN5O/c25-19-10-8-16(9-11-19)23(20-6-1-7-21(29-20)30-24(26)31)22(17-4-2-12-27-14-17)18-5-3-13-28-15-18/h1-15,22-23H,(H3,26,29,30,31). The molecule has 1 unspecified atom stereocenters. The van der Waals surface area contributed by atoms with Gasteiger partial charge in [-0.1, -0.05) is 30.3 Å². The second-order valence-corrected chi connectivity index (χ2v) is 7.02. The molecule has 31 heavy (non-hydrogen) atoms. The maximum atomic E-state index is 13.7. The average Bonchev–Trinajstić information content (AvgIpc) is 2.79. The summed E-state index contributed by atoms with van der Waals surface area (Å²) in [5.41, 5.74) is 8.74. The highest BCUT2D eigenvalue weighted by Crippen LogP contribution is 2.42. The predicted octanol–water partition coefficient (Wildman–Crippen LogP) is 4.47. The number of aromatic nitrogens is 3. The van der Waals surface area contributed by atoms with Crippen molar-refractivity contribution >= 4 is 11.8 Å². The molecule has 0 bridgehead atoms. The van der Waals surface area contributed by atoms with E-state index in [2.05, 4.69) is 20.3 Å². The number of carbonyl (C=O) groups excluding carboxylic acids is 1. The normalized spacial score (nSPS) is 11.8. The van der Waals surface area contributed by atoms with E-state index >= 15 is 0 Å². The molecule has 3 aromatic heterocycles. The van der Waals surface area contributed by atoms with Crippen LogP contribution < -0.4 is 11.1 Å². The number of rotatable bonds is 6. The number of anilines is 1. The number of carbonyl (C=O) groups is 1. The number of nitrogens with one attached hydrogen (secondary N) is 1. The Morgan fingerprint density at radius 2 is 1.45 bits per heavy atom. The fourth-order valence-corrected chi connectivity index (χ4v) is 3.72. The first kappa shape index (κ1) is 20.2. The van der Waals surface area contributed by atoms with Gasteiger partial charge in [0, 0.05) is 36.6 Å². The average molecular weight is 413 g/mol. The van der Waals surface area contributed by atoms with Gasteiger partial charge >= 0.3 is 6.03 Å². The number of benzene rings is 1. The summed E-state index contributed by atoms with van der Waals surface area (Å²) in [7, 11) is 0. The van der Waals surface area contributed by atoms with Crippen molar-refractivity contribution in [3.8, 4) is 0 Å². The van der Waals surface area contributed by atoms with E-state index in [1.165, 1.54) is 12.1 Å². The Morgan fingerprint density at radius 1 is 0.806 bits per heavy atom. The molecule has 0 radical (unpaired) electrons. The Kier molecular flexibility index (Phi) is 5.93. The number of primary amides is 1. The molecule has 0 fully saturated rings. The van der Waals surface area contributed by atoms with Crippen molar-refractivity contribution in [3.63, 3.8) is 0 Å². The van der Waals surface area contributed by atoms with Crippen molar-refractivity contribution in [2.24, 2.45) is 5.73 Å². The molecule has 4 aromatic rings. The smallest absolute Gasteiger partial charge is 0.317 e. The van der Waals surface area contributed by atoms with Gasteiger partial charge in [-0.3, -0.25) is 15.3 Å². The monoisotopic (exact) mass is 413 g/mol. The summed E-state index contributed by atoms with van der Waals surface area (Å²) in [4.78, 5) is 24.6. The molecule has 3 heterocycles. The van der Waals surface area contributed by atoms with Crippen LogP contribution in [0.3, 0.4) is 0 Å². The zero-order valence-corrected chi connectivity index (χ0v) is 16.5. The van der Waals surface area contributed by atoms with Crippen LogP contribution in [0.5, 0.6) is 0 Å². The topological polar surface area (TPSA) is 93.8 Å². The minimum Gasteiger partial charge on any atom is -0.351 e. The highest BCUT2D eigenvalue weighted by Gasteiger charge is 2.30. The van der Waals surface area contributed by atoms with Gasteiger partial charge in [-0.05, 0) is 53.1 Å². The lowest BCUT2D eigenvalue weighted by Gasteiger charge is -2.28. The van der Waals surface area contributed by atoms with E-state index in [4.69, 9.17) is 5.73 Å². The van der Waals surface area contributed by atoms with E-state index in [1.54, 1.807) is 49.1 Å².